The maximum Gasteiger partial charge on any atom is 0.350 e. The number of hydrogen-bond acceptors (Lipinski definition) is 3. The third kappa shape index (κ3) is 3.28. The molecule has 2 rings (SSSR count). The van der Waals surface area contributed by atoms with Gasteiger partial charge < -0.3 is 0 Å². The van der Waals surface area contributed by atoms with Gasteiger partial charge in [0, 0.05) is 0 Å². The Morgan fingerprint density at radius 1 is 1.22 bits per heavy atom. The number of aromatic amines is 2. The monoisotopic (exact) mass is 243 g/mol. The lowest BCUT2D eigenvalue weighted by atomic mass is 10.1. The van der Waals surface area contributed by atoms with Crippen molar-refractivity contribution in [2.45, 2.75) is 6.92 Å². The predicted molar refractivity (Wildman–Crippen MR) is 70.0 cm³/mol. The van der Waals surface area contributed by atoms with Gasteiger partial charge in [0.2, 0.25) is 0 Å². The lowest BCUT2D eigenvalue weighted by molar-refractivity contribution is 0.918. The van der Waals surface area contributed by atoms with Crippen molar-refractivity contribution >= 4 is 6.08 Å². The predicted octanol–water partition coefficient (Wildman–Crippen LogP) is 1.16. The largest absolute Gasteiger partial charge is 0.350 e. The van der Waals surface area contributed by atoms with Crippen LogP contribution < -0.4 is 11.4 Å². The van der Waals surface area contributed by atoms with E-state index >= 15 is 0 Å². The van der Waals surface area contributed by atoms with Crippen molar-refractivity contribution in [3.8, 4) is 0 Å². The first-order valence-corrected chi connectivity index (χ1v) is 5.59. The van der Waals surface area contributed by atoms with E-state index in [0.29, 0.717) is 5.92 Å². The fourth-order valence-corrected chi connectivity index (χ4v) is 1.60. The molecule has 1 unspecified atom stereocenters. The number of H-pyrrole nitrogens is 2. The molecule has 0 amide bonds. The zero-order valence-corrected chi connectivity index (χ0v) is 9.88. The van der Waals surface area contributed by atoms with Crippen LogP contribution in [0, 0.1) is 5.92 Å². The number of nitrogens with one attached hydrogen (secondary N) is 2. The average Bonchev–Trinajstić information content (AvgIpc) is 2.50. The zero-order chi connectivity index (χ0) is 13.0. The number of nitrogens with zero attached hydrogens (tertiary/aromatic N) is 1. The SMILES string of the molecule is CC1C=CC=CC(/C=C/c2nc(=O)[nH]c(=O)[nH]2)=C1. The number of aromatic nitrogens is 3. The Bertz CT molecular complexity index is 631. The molecule has 0 aliphatic heterocycles. The second-order valence-electron chi connectivity index (χ2n) is 3.98. The van der Waals surface area contributed by atoms with Crippen molar-refractivity contribution < 1.29 is 0 Å². The van der Waals surface area contributed by atoms with Crippen molar-refractivity contribution in [3.05, 3.63) is 68.8 Å². The highest BCUT2D eigenvalue weighted by Crippen LogP contribution is 2.12. The molecule has 1 aromatic heterocycles. The highest BCUT2D eigenvalue weighted by Gasteiger charge is 1.97. The van der Waals surface area contributed by atoms with Crippen LogP contribution in [0.1, 0.15) is 12.7 Å². The molecular formula is C13H13N3O2. The van der Waals surface area contributed by atoms with Crippen LogP contribution in [0.15, 0.2) is 51.6 Å². The summed E-state index contributed by atoms with van der Waals surface area (Å²) < 4.78 is 0. The van der Waals surface area contributed by atoms with Crippen LogP contribution in [-0.2, 0) is 0 Å². The van der Waals surface area contributed by atoms with Crippen LogP contribution >= 0.6 is 0 Å². The zero-order valence-electron chi connectivity index (χ0n) is 9.88. The Morgan fingerprint density at radius 2 is 2.06 bits per heavy atom. The van der Waals surface area contributed by atoms with Gasteiger partial charge in [-0.3, -0.25) is 9.97 Å². The van der Waals surface area contributed by atoms with Crippen molar-refractivity contribution in [2.24, 2.45) is 5.92 Å². The summed E-state index contributed by atoms with van der Waals surface area (Å²) in [5, 5.41) is 0. The molecule has 0 fully saturated rings. The number of hydrogen-bond donors (Lipinski definition) is 2. The fourth-order valence-electron chi connectivity index (χ4n) is 1.60. The minimum atomic E-state index is -0.654. The van der Waals surface area contributed by atoms with E-state index in [2.05, 4.69) is 29.0 Å². The summed E-state index contributed by atoms with van der Waals surface area (Å²) in [6.07, 6.45) is 13.4. The Hall–Kier alpha value is -2.43. The molecular weight excluding hydrogens is 230 g/mol. The minimum Gasteiger partial charge on any atom is -0.292 e. The smallest absolute Gasteiger partial charge is 0.292 e. The van der Waals surface area contributed by atoms with E-state index in [0.717, 1.165) is 5.57 Å². The third-order valence-electron chi connectivity index (χ3n) is 2.39. The van der Waals surface area contributed by atoms with E-state index in [1.165, 1.54) is 0 Å². The minimum absolute atomic E-state index is 0.239. The van der Waals surface area contributed by atoms with Gasteiger partial charge in [-0.25, -0.2) is 9.59 Å². The quantitative estimate of drug-likeness (QED) is 0.818. The van der Waals surface area contributed by atoms with Crippen LogP contribution in [0.4, 0.5) is 0 Å². The summed E-state index contributed by atoms with van der Waals surface area (Å²) in [5.41, 5.74) is -0.218. The number of rotatable bonds is 2. The van der Waals surface area contributed by atoms with E-state index in [4.69, 9.17) is 0 Å². The maximum atomic E-state index is 11.0. The van der Waals surface area contributed by atoms with E-state index in [1.54, 1.807) is 12.2 Å². The van der Waals surface area contributed by atoms with Gasteiger partial charge in [0.15, 0.2) is 0 Å². The normalized spacial score (nSPS) is 18.9. The van der Waals surface area contributed by atoms with Crippen molar-refractivity contribution in [1.82, 2.24) is 15.0 Å². The van der Waals surface area contributed by atoms with Gasteiger partial charge in [0.1, 0.15) is 5.82 Å². The molecule has 0 radical (unpaired) electrons. The lowest BCUT2D eigenvalue weighted by Crippen LogP contribution is -2.25. The molecule has 0 bridgehead atoms. The molecule has 0 saturated heterocycles. The van der Waals surface area contributed by atoms with Crippen LogP contribution in [0.2, 0.25) is 0 Å². The molecule has 1 aromatic rings. The Kier molecular flexibility index (Phi) is 3.52. The Balaban J connectivity index is 2.25. The van der Waals surface area contributed by atoms with Crippen LogP contribution in [0.25, 0.3) is 6.08 Å². The van der Waals surface area contributed by atoms with Gasteiger partial charge in [-0.1, -0.05) is 43.4 Å². The van der Waals surface area contributed by atoms with E-state index in [9.17, 15) is 9.59 Å². The van der Waals surface area contributed by atoms with Crippen molar-refractivity contribution in [3.63, 3.8) is 0 Å². The highest BCUT2D eigenvalue weighted by atomic mass is 16.2. The molecule has 5 heteroatoms. The molecule has 0 aromatic carbocycles. The topological polar surface area (TPSA) is 78.6 Å². The summed E-state index contributed by atoms with van der Waals surface area (Å²) in [6, 6.07) is 0. The van der Waals surface area contributed by atoms with Gasteiger partial charge >= 0.3 is 11.4 Å². The van der Waals surface area contributed by atoms with Crippen molar-refractivity contribution in [2.75, 3.05) is 0 Å². The third-order valence-corrected chi connectivity index (χ3v) is 2.39. The fraction of sp³-hybridized carbons (Fsp3) is 0.154. The second-order valence-corrected chi connectivity index (χ2v) is 3.98. The summed E-state index contributed by atoms with van der Waals surface area (Å²) in [6.45, 7) is 2.07. The first-order chi connectivity index (χ1) is 8.63. The summed E-state index contributed by atoms with van der Waals surface area (Å²) in [7, 11) is 0. The summed E-state index contributed by atoms with van der Waals surface area (Å²) >= 11 is 0. The highest BCUT2D eigenvalue weighted by molar-refractivity contribution is 5.49. The standard InChI is InChI=1S/C13H13N3O2/c1-9-4-2-3-5-10(8-9)6-7-11-14-12(17)16-13(18)15-11/h2-9H,1H3,(H2,14,15,16,17,18)/b7-6+. The van der Waals surface area contributed by atoms with E-state index < -0.39 is 11.4 Å². The first-order valence-electron chi connectivity index (χ1n) is 5.59. The molecule has 92 valence electrons. The van der Waals surface area contributed by atoms with Gasteiger partial charge in [-0.05, 0) is 17.6 Å². The van der Waals surface area contributed by atoms with Crippen LogP contribution in [0.5, 0.6) is 0 Å². The summed E-state index contributed by atoms with van der Waals surface area (Å²) in [4.78, 5) is 30.2. The molecule has 1 aliphatic carbocycles. The summed E-state index contributed by atoms with van der Waals surface area (Å²) in [5.74, 6) is 0.578. The number of allylic oxidation sites excluding steroid dienone is 7. The molecule has 5 nitrogen and oxygen atoms in total. The van der Waals surface area contributed by atoms with Gasteiger partial charge in [0.25, 0.3) is 0 Å². The van der Waals surface area contributed by atoms with Gasteiger partial charge in [0.05, 0.1) is 0 Å². The molecule has 18 heavy (non-hydrogen) atoms. The molecule has 2 N–H and O–H groups in total. The average molecular weight is 243 g/mol. The van der Waals surface area contributed by atoms with Crippen LogP contribution in [-0.4, -0.2) is 15.0 Å². The molecule has 1 heterocycles. The maximum absolute atomic E-state index is 11.0. The van der Waals surface area contributed by atoms with E-state index in [1.807, 2.05) is 23.2 Å². The Labute approximate surface area is 103 Å². The lowest BCUT2D eigenvalue weighted by Gasteiger charge is -1.97. The second kappa shape index (κ2) is 5.27. The van der Waals surface area contributed by atoms with Crippen molar-refractivity contribution in [1.29, 1.82) is 0 Å². The van der Waals surface area contributed by atoms with Gasteiger partial charge in [-0.2, -0.15) is 4.98 Å². The van der Waals surface area contributed by atoms with Crippen LogP contribution in [0.3, 0.4) is 0 Å². The van der Waals surface area contributed by atoms with E-state index in [-0.39, 0.29) is 5.82 Å². The molecule has 1 aliphatic rings. The molecule has 1 atom stereocenters. The van der Waals surface area contributed by atoms with Gasteiger partial charge in [-0.15, -0.1) is 0 Å². The first kappa shape index (κ1) is 12.0. The molecule has 0 saturated carbocycles. The molecule has 0 spiro atoms. The Morgan fingerprint density at radius 3 is 2.83 bits per heavy atom.